The van der Waals surface area contributed by atoms with Gasteiger partial charge in [-0.05, 0) is 0 Å². The van der Waals surface area contributed by atoms with E-state index in [4.69, 9.17) is 0 Å². The largest absolute Gasteiger partial charge is 3.00 e. The first-order valence-corrected chi connectivity index (χ1v) is 0.333. The van der Waals surface area contributed by atoms with Crippen LogP contribution in [0.5, 0.6) is 0 Å². The molecule has 6 heavy (non-hydrogen) atoms. The molecule has 0 unspecified atom stereocenters. The zero-order valence-electron chi connectivity index (χ0n) is 2.64. The Morgan fingerprint density at radius 1 is 0.667 bits per heavy atom. The fourth-order valence-electron chi connectivity index (χ4n) is 0. The van der Waals surface area contributed by atoms with E-state index in [-0.39, 0.29) is 54.3 Å². The Kier molecular flexibility index (Phi) is 943. The first kappa shape index (κ1) is 54.6. The van der Waals surface area contributed by atoms with Gasteiger partial charge in [-0.25, -0.2) is 0 Å². The molecule has 0 saturated carbocycles. The Balaban J connectivity index is -0.000000000833. The van der Waals surface area contributed by atoms with Crippen molar-refractivity contribution in [1.29, 1.82) is 0 Å². The van der Waals surface area contributed by atoms with Gasteiger partial charge in [-0.15, -0.1) is 0 Å². The van der Waals surface area contributed by atoms with Crippen LogP contribution in [-0.2, 0) is 17.1 Å². The number of halogens is 3. The Labute approximate surface area is 66.1 Å². The van der Waals surface area contributed by atoms with E-state index in [1.807, 2.05) is 0 Å². The van der Waals surface area contributed by atoms with Crippen LogP contribution in [0.2, 0.25) is 0 Å². The molecule has 0 aromatic heterocycles. The Hall–Kier alpha value is 1.31. The molecule has 43 valence electrons. The third-order valence-corrected chi connectivity index (χ3v) is 0. The summed E-state index contributed by atoms with van der Waals surface area (Å²) in [6.45, 7) is 0. The summed E-state index contributed by atoms with van der Waals surface area (Å²) in [5.74, 6) is 8.00. The third kappa shape index (κ3) is 57.5. The van der Waals surface area contributed by atoms with E-state index in [0.717, 1.165) is 0 Å². The van der Waals surface area contributed by atoms with Gasteiger partial charge in [-0.1, -0.05) is 0 Å². The molecule has 1 radical (unpaired) electrons. The number of nitrogens with two attached hydrogens (primary N) is 2. The van der Waals surface area contributed by atoms with Crippen molar-refractivity contribution in [2.75, 3.05) is 0 Å². The van der Waals surface area contributed by atoms with Gasteiger partial charge in [0.15, 0.2) is 0 Å². The second kappa shape index (κ2) is 104. The molecule has 0 fully saturated rings. The van der Waals surface area contributed by atoms with E-state index in [2.05, 4.69) is 11.7 Å². The second-order valence-electron chi connectivity index (χ2n) is 0. The molecular weight excluding hydrogens is 190 g/mol. The summed E-state index contributed by atoms with van der Waals surface area (Å²) in [5.41, 5.74) is 0. The smallest absolute Gasteiger partial charge is 1.00 e. The molecule has 4 N–H and O–H groups in total. The number of hydrogen-bond acceptors (Lipinski definition) is 2. The summed E-state index contributed by atoms with van der Waals surface area (Å²) in [4.78, 5) is 0. The van der Waals surface area contributed by atoms with E-state index in [1.54, 1.807) is 0 Å². The fraction of sp³-hybridized carbons (Fsp3) is 0. The molecule has 0 atom stereocenters. The van der Waals surface area contributed by atoms with Crippen LogP contribution in [0.3, 0.4) is 0 Å². The number of hydrogen-bond donors (Lipinski definition) is 2. The molecule has 0 aliphatic carbocycles. The molecule has 0 aromatic rings. The Morgan fingerprint density at radius 2 is 0.667 bits per heavy atom. The summed E-state index contributed by atoms with van der Waals surface area (Å²) in [6, 6.07) is 0. The molecular formula is H4Cl3FeN2. The molecule has 0 spiro atoms. The maximum absolute atomic E-state index is 4.00. The zero-order valence-corrected chi connectivity index (χ0v) is 6.01. The number of rotatable bonds is 0. The molecule has 0 heterocycles. The van der Waals surface area contributed by atoms with Crippen LogP contribution in [0.4, 0.5) is 0 Å². The monoisotopic (exact) mass is 193 g/mol. The maximum Gasteiger partial charge on any atom is 3.00 e. The predicted octanol–water partition coefficient (Wildman–Crippen LogP) is -10.2. The van der Waals surface area contributed by atoms with Gasteiger partial charge in [0, 0.05) is 0 Å². The van der Waals surface area contributed by atoms with Crippen molar-refractivity contribution in [2.24, 2.45) is 11.7 Å². The van der Waals surface area contributed by atoms with Crippen molar-refractivity contribution < 1.29 is 54.3 Å². The molecule has 0 rings (SSSR count). The van der Waals surface area contributed by atoms with Crippen LogP contribution in [0.1, 0.15) is 0 Å². The molecule has 0 amide bonds. The van der Waals surface area contributed by atoms with Gasteiger partial charge in [-0.2, -0.15) is 0 Å². The van der Waals surface area contributed by atoms with Crippen LogP contribution in [0.15, 0.2) is 0 Å². The Bertz CT molecular complexity index is 8.75. The Morgan fingerprint density at radius 3 is 0.667 bits per heavy atom. The second-order valence-corrected chi connectivity index (χ2v) is 0. The van der Waals surface area contributed by atoms with Crippen molar-refractivity contribution in [2.45, 2.75) is 0 Å². The summed E-state index contributed by atoms with van der Waals surface area (Å²) >= 11 is 0. The van der Waals surface area contributed by atoms with Crippen LogP contribution >= 0.6 is 0 Å². The van der Waals surface area contributed by atoms with Crippen LogP contribution in [0.25, 0.3) is 0 Å². The minimum Gasteiger partial charge on any atom is -1.00 e. The van der Waals surface area contributed by atoms with Crippen LogP contribution in [-0.4, -0.2) is 0 Å². The zero-order chi connectivity index (χ0) is 2.00. The molecule has 0 aromatic carbocycles. The van der Waals surface area contributed by atoms with Crippen molar-refractivity contribution in [1.82, 2.24) is 0 Å². The third-order valence-electron chi connectivity index (χ3n) is 0. The average molecular weight is 194 g/mol. The minimum atomic E-state index is 0. The van der Waals surface area contributed by atoms with E-state index in [0.29, 0.717) is 0 Å². The van der Waals surface area contributed by atoms with Crippen molar-refractivity contribution in [3.8, 4) is 0 Å². The van der Waals surface area contributed by atoms with Crippen molar-refractivity contribution in [3.63, 3.8) is 0 Å². The summed E-state index contributed by atoms with van der Waals surface area (Å²) in [5, 5.41) is 0. The van der Waals surface area contributed by atoms with Gasteiger partial charge in [-0.3, -0.25) is 11.7 Å². The van der Waals surface area contributed by atoms with Gasteiger partial charge >= 0.3 is 17.1 Å². The molecule has 0 bridgehead atoms. The average Bonchev–Trinajstić information content (AvgIpc) is 1.00. The van der Waals surface area contributed by atoms with Crippen LogP contribution < -0.4 is 48.9 Å². The summed E-state index contributed by atoms with van der Waals surface area (Å²) < 4.78 is 0. The van der Waals surface area contributed by atoms with Crippen LogP contribution in [0, 0.1) is 0 Å². The molecule has 6 heteroatoms. The first-order chi connectivity index (χ1) is 1.00. The van der Waals surface area contributed by atoms with E-state index < -0.39 is 0 Å². The van der Waals surface area contributed by atoms with Gasteiger partial charge in [0.05, 0.1) is 0 Å². The molecule has 0 saturated heterocycles. The number of hydrazine groups is 1. The van der Waals surface area contributed by atoms with Crippen molar-refractivity contribution in [3.05, 3.63) is 0 Å². The van der Waals surface area contributed by atoms with E-state index >= 15 is 0 Å². The molecule has 0 aliphatic heterocycles. The first-order valence-electron chi connectivity index (χ1n) is 0.333. The summed E-state index contributed by atoms with van der Waals surface area (Å²) in [6.07, 6.45) is 0. The van der Waals surface area contributed by atoms with E-state index in [9.17, 15) is 0 Å². The quantitative estimate of drug-likeness (QED) is 0.229. The van der Waals surface area contributed by atoms with E-state index in [1.165, 1.54) is 0 Å². The van der Waals surface area contributed by atoms with Gasteiger partial charge < -0.3 is 37.2 Å². The standard InChI is InChI=1S/3ClH.Fe.H4N2/c;;;;1-2/h3*1H;;1-2H2/q;;;+3;/p-3. The SMILES string of the molecule is NN.[Cl-].[Cl-].[Cl-].[Fe+3]. The van der Waals surface area contributed by atoms with Gasteiger partial charge in [0.2, 0.25) is 0 Å². The summed E-state index contributed by atoms with van der Waals surface area (Å²) in [7, 11) is 0. The maximum atomic E-state index is 4.00. The van der Waals surface area contributed by atoms with Crippen molar-refractivity contribution >= 4 is 0 Å². The molecule has 0 aliphatic rings. The minimum absolute atomic E-state index is 0. The van der Waals surface area contributed by atoms with Gasteiger partial charge in [0.1, 0.15) is 0 Å². The topological polar surface area (TPSA) is 52.0 Å². The normalized spacial score (nSPS) is 1.00. The predicted molar refractivity (Wildman–Crippen MR) is 8.37 cm³/mol. The fourth-order valence-corrected chi connectivity index (χ4v) is 0. The molecule has 2 nitrogen and oxygen atoms in total. The van der Waals surface area contributed by atoms with Gasteiger partial charge in [0.25, 0.3) is 0 Å².